The average molecular weight is 306 g/mol. The molecule has 0 radical (unpaired) electrons. The number of hydrogen-bond donors (Lipinski definition) is 2. The summed E-state index contributed by atoms with van der Waals surface area (Å²) in [7, 11) is 3.31. The van der Waals surface area contributed by atoms with Crippen LogP contribution in [0.1, 0.15) is 26.6 Å². The van der Waals surface area contributed by atoms with Crippen molar-refractivity contribution in [2.24, 2.45) is 0 Å². The number of nitrogens with zero attached hydrogens (tertiary/aromatic N) is 1. The van der Waals surface area contributed by atoms with Gasteiger partial charge in [-0.05, 0) is 18.2 Å². The van der Waals surface area contributed by atoms with Crippen LogP contribution in [-0.2, 0) is 10.2 Å². The molecule has 2 aromatic rings. The van der Waals surface area contributed by atoms with Gasteiger partial charge in [0.25, 0.3) is 6.47 Å². The molecule has 0 aliphatic rings. The monoisotopic (exact) mass is 306 g/mol. The molecule has 0 atom stereocenters. The van der Waals surface area contributed by atoms with Gasteiger partial charge >= 0.3 is 0 Å². The molecule has 0 aliphatic carbocycles. The minimum atomic E-state index is -0.250. The highest BCUT2D eigenvalue weighted by molar-refractivity contribution is 5.68. The van der Waals surface area contributed by atoms with Crippen molar-refractivity contribution in [3.05, 3.63) is 30.2 Å². The molecular formula is C16H22N2O4. The highest BCUT2D eigenvalue weighted by Gasteiger charge is 2.19. The van der Waals surface area contributed by atoms with Gasteiger partial charge in [0.15, 0.2) is 0 Å². The van der Waals surface area contributed by atoms with E-state index in [4.69, 9.17) is 19.4 Å². The lowest BCUT2D eigenvalue weighted by Gasteiger charge is -2.14. The van der Waals surface area contributed by atoms with E-state index < -0.39 is 0 Å². The second kappa shape index (κ2) is 7.49. The molecule has 0 saturated carbocycles. The van der Waals surface area contributed by atoms with E-state index in [1.165, 1.54) is 0 Å². The SMILES string of the molecule is COc1ccc(OC)c(-c2cnc(C(C)(C)C)[nH]2)c1.O=CO. The fourth-order valence-corrected chi connectivity index (χ4v) is 1.86. The minimum Gasteiger partial charge on any atom is -0.497 e. The second-order valence-electron chi connectivity index (χ2n) is 5.57. The lowest BCUT2D eigenvalue weighted by molar-refractivity contribution is -0.122. The number of carboxylic acid groups (broad SMARTS) is 1. The van der Waals surface area contributed by atoms with Gasteiger partial charge in [0, 0.05) is 11.0 Å². The Morgan fingerprint density at radius 3 is 2.32 bits per heavy atom. The molecule has 1 heterocycles. The average Bonchev–Trinajstić information content (AvgIpc) is 2.97. The maximum Gasteiger partial charge on any atom is 0.290 e. The van der Waals surface area contributed by atoms with Crippen LogP contribution in [-0.4, -0.2) is 35.8 Å². The van der Waals surface area contributed by atoms with E-state index in [2.05, 4.69) is 30.7 Å². The summed E-state index contributed by atoms with van der Waals surface area (Å²) in [6, 6.07) is 5.72. The van der Waals surface area contributed by atoms with Crippen LogP contribution in [0, 0.1) is 0 Å². The number of carbonyl (C=O) groups is 1. The van der Waals surface area contributed by atoms with Crippen LogP contribution >= 0.6 is 0 Å². The first-order chi connectivity index (χ1) is 10.4. The van der Waals surface area contributed by atoms with Gasteiger partial charge in [-0.15, -0.1) is 0 Å². The predicted molar refractivity (Wildman–Crippen MR) is 84.5 cm³/mol. The maximum atomic E-state index is 8.36. The van der Waals surface area contributed by atoms with E-state index in [1.54, 1.807) is 14.2 Å². The number of H-pyrrole nitrogens is 1. The van der Waals surface area contributed by atoms with Crippen LogP contribution in [0.3, 0.4) is 0 Å². The fraction of sp³-hybridized carbons (Fsp3) is 0.375. The first-order valence-corrected chi connectivity index (χ1v) is 6.73. The van der Waals surface area contributed by atoms with E-state index >= 15 is 0 Å². The van der Waals surface area contributed by atoms with E-state index in [0.29, 0.717) is 0 Å². The molecule has 0 amide bonds. The van der Waals surface area contributed by atoms with Gasteiger partial charge in [-0.2, -0.15) is 0 Å². The zero-order valence-electron chi connectivity index (χ0n) is 13.5. The van der Waals surface area contributed by atoms with Crippen LogP contribution in [0.25, 0.3) is 11.3 Å². The van der Waals surface area contributed by atoms with Crippen LogP contribution < -0.4 is 9.47 Å². The number of aromatic amines is 1. The molecule has 22 heavy (non-hydrogen) atoms. The Labute approximate surface area is 130 Å². The number of imidazole rings is 1. The lowest BCUT2D eigenvalue weighted by atomic mass is 9.96. The van der Waals surface area contributed by atoms with E-state index in [-0.39, 0.29) is 11.9 Å². The Morgan fingerprint density at radius 1 is 1.23 bits per heavy atom. The molecule has 0 saturated heterocycles. The van der Waals surface area contributed by atoms with Crippen molar-refractivity contribution in [2.75, 3.05) is 14.2 Å². The number of nitrogens with one attached hydrogen (secondary N) is 1. The third kappa shape index (κ3) is 4.25. The molecule has 0 spiro atoms. The molecule has 0 fully saturated rings. The van der Waals surface area contributed by atoms with Gasteiger partial charge in [-0.3, -0.25) is 4.79 Å². The number of benzene rings is 1. The largest absolute Gasteiger partial charge is 0.497 e. The molecule has 6 heteroatoms. The molecular weight excluding hydrogens is 284 g/mol. The topological polar surface area (TPSA) is 84.4 Å². The van der Waals surface area contributed by atoms with Gasteiger partial charge in [-0.1, -0.05) is 20.8 Å². The van der Waals surface area contributed by atoms with Crippen molar-refractivity contribution >= 4 is 6.47 Å². The van der Waals surface area contributed by atoms with Crippen molar-refractivity contribution < 1.29 is 19.4 Å². The highest BCUT2D eigenvalue weighted by Crippen LogP contribution is 2.33. The Hall–Kier alpha value is -2.50. The molecule has 0 bridgehead atoms. The maximum absolute atomic E-state index is 8.36. The Balaban J connectivity index is 0.000000745. The summed E-state index contributed by atoms with van der Waals surface area (Å²) in [5, 5.41) is 6.89. The number of aromatic nitrogens is 2. The smallest absolute Gasteiger partial charge is 0.290 e. The van der Waals surface area contributed by atoms with E-state index in [0.717, 1.165) is 28.6 Å². The summed E-state index contributed by atoms with van der Waals surface area (Å²) >= 11 is 0. The molecule has 2 rings (SSSR count). The van der Waals surface area contributed by atoms with Crippen molar-refractivity contribution in [1.29, 1.82) is 0 Å². The number of methoxy groups -OCH3 is 2. The fourth-order valence-electron chi connectivity index (χ4n) is 1.86. The quantitative estimate of drug-likeness (QED) is 0.851. The Kier molecular flexibility index (Phi) is 5.98. The molecule has 0 unspecified atom stereocenters. The van der Waals surface area contributed by atoms with Crippen molar-refractivity contribution in [1.82, 2.24) is 9.97 Å². The standard InChI is InChI=1S/C15H20N2O2.CH2O2/c1-15(2,3)14-16-9-12(17-14)11-8-10(18-4)6-7-13(11)19-5;2-1-3/h6-9H,1-5H3,(H,16,17);1H,(H,2,3). The summed E-state index contributed by atoms with van der Waals surface area (Å²) < 4.78 is 10.7. The molecule has 0 aliphatic heterocycles. The summed E-state index contributed by atoms with van der Waals surface area (Å²) in [6.45, 7) is 6.12. The third-order valence-corrected chi connectivity index (χ3v) is 2.98. The van der Waals surface area contributed by atoms with Crippen molar-refractivity contribution in [3.63, 3.8) is 0 Å². The highest BCUT2D eigenvalue weighted by atomic mass is 16.5. The van der Waals surface area contributed by atoms with Gasteiger partial charge in [0.05, 0.1) is 26.1 Å². The summed E-state index contributed by atoms with van der Waals surface area (Å²) in [4.78, 5) is 16.2. The zero-order chi connectivity index (χ0) is 16.8. The van der Waals surface area contributed by atoms with Crippen LogP contribution in [0.5, 0.6) is 11.5 Å². The summed E-state index contributed by atoms with van der Waals surface area (Å²) in [5.41, 5.74) is 1.87. The lowest BCUT2D eigenvalue weighted by Crippen LogP contribution is -2.13. The molecule has 1 aromatic heterocycles. The molecule has 2 N–H and O–H groups in total. The summed E-state index contributed by atoms with van der Waals surface area (Å²) in [5.74, 6) is 2.54. The second-order valence-corrected chi connectivity index (χ2v) is 5.57. The van der Waals surface area contributed by atoms with Crippen LogP contribution in [0.4, 0.5) is 0 Å². The van der Waals surface area contributed by atoms with Gasteiger partial charge in [0.1, 0.15) is 17.3 Å². The minimum absolute atomic E-state index is 0.00957. The molecule has 1 aromatic carbocycles. The van der Waals surface area contributed by atoms with Crippen LogP contribution in [0.15, 0.2) is 24.4 Å². The number of ether oxygens (including phenoxy) is 2. The normalized spacial score (nSPS) is 10.4. The van der Waals surface area contributed by atoms with Gasteiger partial charge in [-0.25, -0.2) is 4.98 Å². The predicted octanol–water partition coefficient (Wildman–Crippen LogP) is 3.09. The van der Waals surface area contributed by atoms with Crippen molar-refractivity contribution in [3.8, 4) is 22.8 Å². The first kappa shape index (κ1) is 17.6. The van der Waals surface area contributed by atoms with Gasteiger partial charge in [0.2, 0.25) is 0 Å². The van der Waals surface area contributed by atoms with E-state index in [9.17, 15) is 0 Å². The molecule has 6 nitrogen and oxygen atoms in total. The van der Waals surface area contributed by atoms with Gasteiger partial charge < -0.3 is 19.6 Å². The zero-order valence-corrected chi connectivity index (χ0v) is 13.5. The molecule has 120 valence electrons. The number of rotatable bonds is 3. The first-order valence-electron chi connectivity index (χ1n) is 6.73. The van der Waals surface area contributed by atoms with E-state index in [1.807, 2.05) is 24.4 Å². The third-order valence-electron chi connectivity index (χ3n) is 2.98. The van der Waals surface area contributed by atoms with Crippen LogP contribution in [0.2, 0.25) is 0 Å². The summed E-state index contributed by atoms with van der Waals surface area (Å²) in [6.07, 6.45) is 1.83. The number of hydrogen-bond acceptors (Lipinski definition) is 4. The Bertz CT molecular complexity index is 615. The Morgan fingerprint density at radius 2 is 1.86 bits per heavy atom. The van der Waals surface area contributed by atoms with Crippen molar-refractivity contribution in [2.45, 2.75) is 26.2 Å².